The van der Waals surface area contributed by atoms with Gasteiger partial charge in [0.25, 0.3) is 0 Å². The van der Waals surface area contributed by atoms with Crippen molar-refractivity contribution in [3.05, 3.63) is 69.9 Å². The highest BCUT2D eigenvalue weighted by Gasteiger charge is 2.32. The summed E-state index contributed by atoms with van der Waals surface area (Å²) < 4.78 is 13.4. The first kappa shape index (κ1) is 20.9. The number of rotatable bonds is 7. The van der Waals surface area contributed by atoms with Gasteiger partial charge >= 0.3 is 0 Å². The summed E-state index contributed by atoms with van der Waals surface area (Å²) in [6, 6.07) is 12.6. The molecule has 31 heavy (non-hydrogen) atoms. The molecule has 1 aliphatic rings. The fourth-order valence-electron chi connectivity index (χ4n) is 3.60. The van der Waals surface area contributed by atoms with E-state index in [0.29, 0.717) is 41.3 Å². The lowest BCUT2D eigenvalue weighted by atomic mass is 9.93. The number of halogens is 1. The lowest BCUT2D eigenvalue weighted by Gasteiger charge is -2.27. The Labute approximate surface area is 184 Å². The fourth-order valence-corrected chi connectivity index (χ4v) is 3.73. The lowest BCUT2D eigenvalue weighted by molar-refractivity contribution is -0.114. The van der Waals surface area contributed by atoms with E-state index < -0.39 is 6.04 Å². The molecule has 0 aliphatic carbocycles. The van der Waals surface area contributed by atoms with Gasteiger partial charge in [-0.3, -0.25) is 4.79 Å². The highest BCUT2D eigenvalue weighted by atomic mass is 35.5. The van der Waals surface area contributed by atoms with Crippen molar-refractivity contribution in [3.8, 4) is 11.5 Å². The zero-order valence-corrected chi connectivity index (χ0v) is 18.2. The van der Waals surface area contributed by atoms with E-state index in [-0.39, 0.29) is 5.78 Å². The second kappa shape index (κ2) is 8.77. The van der Waals surface area contributed by atoms with Gasteiger partial charge in [0, 0.05) is 16.3 Å². The number of aromatic nitrogens is 4. The Kier molecular flexibility index (Phi) is 5.90. The number of benzene rings is 2. The molecule has 2 aromatic carbocycles. The third kappa shape index (κ3) is 4.25. The molecule has 4 rings (SSSR count). The summed E-state index contributed by atoms with van der Waals surface area (Å²) in [5.74, 6) is 1.62. The Hall–Kier alpha value is -3.39. The number of nitrogens with zero attached hydrogens (tertiary/aromatic N) is 4. The van der Waals surface area contributed by atoms with Crippen molar-refractivity contribution >= 4 is 23.3 Å². The Morgan fingerprint density at radius 1 is 1.16 bits per heavy atom. The van der Waals surface area contributed by atoms with E-state index in [1.54, 1.807) is 4.68 Å². The SMILES string of the molecule is CCOc1cc(C2C(C(C)=O)=C(C)Nc3nnnn32)ccc1OCc1ccc(Cl)cc1. The zero-order chi connectivity index (χ0) is 22.0. The molecular formula is C22H22ClN5O3. The highest BCUT2D eigenvalue weighted by Crippen LogP contribution is 2.38. The molecule has 1 atom stereocenters. The van der Waals surface area contributed by atoms with Crippen LogP contribution in [-0.4, -0.2) is 32.6 Å². The minimum Gasteiger partial charge on any atom is -0.490 e. The van der Waals surface area contributed by atoms with Gasteiger partial charge in [-0.25, -0.2) is 0 Å². The number of ether oxygens (including phenoxy) is 2. The quantitative estimate of drug-likeness (QED) is 0.590. The summed E-state index contributed by atoms with van der Waals surface area (Å²) >= 11 is 5.95. The molecular weight excluding hydrogens is 418 g/mol. The molecule has 1 unspecified atom stereocenters. The number of allylic oxidation sites excluding steroid dienone is 2. The second-order valence-corrected chi connectivity index (χ2v) is 7.56. The smallest absolute Gasteiger partial charge is 0.248 e. The largest absolute Gasteiger partial charge is 0.490 e. The molecule has 0 fully saturated rings. The number of fused-ring (bicyclic) bond motifs is 1. The predicted octanol–water partition coefficient (Wildman–Crippen LogP) is 4.18. The van der Waals surface area contributed by atoms with Gasteiger partial charge in [-0.1, -0.05) is 34.9 Å². The molecule has 0 saturated heterocycles. The number of tetrazole rings is 1. The average Bonchev–Trinajstić information content (AvgIpc) is 3.21. The van der Waals surface area contributed by atoms with Crippen LogP contribution in [0.4, 0.5) is 5.95 Å². The van der Waals surface area contributed by atoms with Crippen molar-refractivity contribution in [2.45, 2.75) is 33.4 Å². The van der Waals surface area contributed by atoms with Crippen molar-refractivity contribution in [2.24, 2.45) is 0 Å². The van der Waals surface area contributed by atoms with Crippen LogP contribution < -0.4 is 14.8 Å². The van der Waals surface area contributed by atoms with Crippen molar-refractivity contribution in [1.82, 2.24) is 20.2 Å². The van der Waals surface area contributed by atoms with Crippen LogP contribution in [0, 0.1) is 0 Å². The van der Waals surface area contributed by atoms with Crippen LogP contribution in [0.1, 0.15) is 37.9 Å². The van der Waals surface area contributed by atoms with Crippen molar-refractivity contribution < 1.29 is 14.3 Å². The molecule has 0 amide bonds. The topological polar surface area (TPSA) is 91.2 Å². The monoisotopic (exact) mass is 439 g/mol. The second-order valence-electron chi connectivity index (χ2n) is 7.12. The number of hydrogen-bond donors (Lipinski definition) is 1. The maximum absolute atomic E-state index is 12.4. The molecule has 1 aromatic heterocycles. The molecule has 3 aromatic rings. The van der Waals surface area contributed by atoms with Crippen LogP contribution in [0.5, 0.6) is 11.5 Å². The standard InChI is InChI=1S/C22H22ClN5O3/c1-4-30-19-11-16(7-10-18(19)31-12-15-5-8-17(23)9-6-15)21-20(14(3)29)13(2)24-22-25-26-27-28(21)22/h5-11,21H,4,12H2,1-3H3,(H,24,25,27). The fraction of sp³-hybridized carbons (Fsp3) is 0.273. The van der Waals surface area contributed by atoms with Gasteiger partial charge < -0.3 is 14.8 Å². The zero-order valence-electron chi connectivity index (χ0n) is 17.4. The van der Waals surface area contributed by atoms with Gasteiger partial charge in [0.2, 0.25) is 5.95 Å². The molecule has 0 spiro atoms. The number of carbonyl (C=O) groups excluding carboxylic acids is 1. The van der Waals surface area contributed by atoms with Crippen LogP contribution in [0.15, 0.2) is 53.7 Å². The maximum Gasteiger partial charge on any atom is 0.248 e. The number of nitrogens with one attached hydrogen (secondary N) is 1. The number of hydrogen-bond acceptors (Lipinski definition) is 7. The predicted molar refractivity (Wildman–Crippen MR) is 116 cm³/mol. The number of anilines is 1. The lowest BCUT2D eigenvalue weighted by Crippen LogP contribution is -2.27. The molecule has 9 heteroatoms. The van der Waals surface area contributed by atoms with E-state index in [9.17, 15) is 4.79 Å². The number of Topliss-reactive ketones (excluding diaryl/α,β-unsaturated/α-hetero) is 1. The molecule has 0 saturated carbocycles. The normalized spacial score (nSPS) is 15.3. The van der Waals surface area contributed by atoms with Crippen LogP contribution in [-0.2, 0) is 11.4 Å². The Balaban J connectivity index is 1.68. The molecule has 1 aliphatic heterocycles. The van der Waals surface area contributed by atoms with Crippen LogP contribution in [0.2, 0.25) is 5.02 Å². The van der Waals surface area contributed by atoms with Gasteiger partial charge in [0.05, 0.1) is 6.61 Å². The van der Waals surface area contributed by atoms with Crippen LogP contribution in [0.25, 0.3) is 0 Å². The first-order chi connectivity index (χ1) is 15.0. The molecule has 0 bridgehead atoms. The van der Waals surface area contributed by atoms with Crippen molar-refractivity contribution in [3.63, 3.8) is 0 Å². The molecule has 0 radical (unpaired) electrons. The number of carbonyl (C=O) groups is 1. The van der Waals surface area contributed by atoms with Crippen LogP contribution in [0.3, 0.4) is 0 Å². The van der Waals surface area contributed by atoms with Crippen molar-refractivity contribution in [1.29, 1.82) is 0 Å². The third-order valence-electron chi connectivity index (χ3n) is 4.98. The van der Waals surface area contributed by atoms with Crippen molar-refractivity contribution in [2.75, 3.05) is 11.9 Å². The van der Waals surface area contributed by atoms with E-state index >= 15 is 0 Å². The molecule has 160 valence electrons. The summed E-state index contributed by atoms with van der Waals surface area (Å²) in [6.45, 7) is 6.13. The first-order valence-corrected chi connectivity index (χ1v) is 10.3. The Bertz CT molecular complexity index is 1140. The summed E-state index contributed by atoms with van der Waals surface area (Å²) in [5, 5.41) is 15.6. The Morgan fingerprint density at radius 3 is 2.65 bits per heavy atom. The summed E-state index contributed by atoms with van der Waals surface area (Å²) in [7, 11) is 0. The summed E-state index contributed by atoms with van der Waals surface area (Å²) in [6.07, 6.45) is 0. The molecule has 2 heterocycles. The third-order valence-corrected chi connectivity index (χ3v) is 5.24. The van der Waals surface area contributed by atoms with E-state index in [4.69, 9.17) is 21.1 Å². The highest BCUT2D eigenvalue weighted by molar-refractivity contribution is 6.30. The number of ketones is 1. The van der Waals surface area contributed by atoms with Gasteiger partial charge in [-0.15, -0.1) is 0 Å². The minimum atomic E-state index is -0.465. The Morgan fingerprint density at radius 2 is 1.94 bits per heavy atom. The molecule has 8 nitrogen and oxygen atoms in total. The first-order valence-electron chi connectivity index (χ1n) is 9.88. The summed E-state index contributed by atoms with van der Waals surface area (Å²) in [5.41, 5.74) is 3.13. The van der Waals surface area contributed by atoms with Gasteiger partial charge in [0.1, 0.15) is 12.6 Å². The minimum absolute atomic E-state index is 0.0582. The van der Waals surface area contributed by atoms with Gasteiger partial charge in [-0.2, -0.15) is 4.68 Å². The van der Waals surface area contributed by atoms with E-state index in [1.165, 1.54) is 6.92 Å². The van der Waals surface area contributed by atoms with E-state index in [1.807, 2.05) is 56.3 Å². The van der Waals surface area contributed by atoms with Crippen LogP contribution >= 0.6 is 11.6 Å². The maximum atomic E-state index is 12.4. The average molecular weight is 440 g/mol. The summed E-state index contributed by atoms with van der Waals surface area (Å²) in [4.78, 5) is 12.4. The van der Waals surface area contributed by atoms with Gasteiger partial charge in [-0.05, 0) is 66.6 Å². The van der Waals surface area contributed by atoms with Gasteiger partial charge in [0.15, 0.2) is 17.3 Å². The molecule has 1 N–H and O–H groups in total. The van der Waals surface area contributed by atoms with E-state index in [0.717, 1.165) is 16.8 Å². The van der Waals surface area contributed by atoms with E-state index in [2.05, 4.69) is 20.8 Å².